The summed E-state index contributed by atoms with van der Waals surface area (Å²) in [6.45, 7) is 1.89. The molecule has 2 aliphatic rings. The number of aryl methyl sites for hydroxylation is 2. The number of amides is 1. The van der Waals surface area contributed by atoms with Crippen molar-refractivity contribution in [2.75, 3.05) is 5.88 Å². The number of nitrogens with zero attached hydrogens (tertiary/aromatic N) is 3. The number of fused-ring (bicyclic) bond motifs is 2. The van der Waals surface area contributed by atoms with Crippen LogP contribution in [0.3, 0.4) is 0 Å². The van der Waals surface area contributed by atoms with Gasteiger partial charge in [0.1, 0.15) is 5.88 Å². The zero-order chi connectivity index (χ0) is 20.0. The van der Waals surface area contributed by atoms with Gasteiger partial charge in [-0.1, -0.05) is 0 Å². The number of alkyl halides is 1. The fourth-order valence-electron chi connectivity index (χ4n) is 4.76. The van der Waals surface area contributed by atoms with Crippen molar-refractivity contribution < 1.29 is 13.6 Å². The van der Waals surface area contributed by atoms with Gasteiger partial charge in [0, 0.05) is 37.3 Å². The maximum atomic E-state index is 14.9. The van der Waals surface area contributed by atoms with Crippen molar-refractivity contribution in [2.45, 2.75) is 58.0 Å². The van der Waals surface area contributed by atoms with Gasteiger partial charge >= 0.3 is 0 Å². The first-order chi connectivity index (χ1) is 13.4. The van der Waals surface area contributed by atoms with E-state index < -0.39 is 11.6 Å². The third-order valence-electron chi connectivity index (χ3n) is 6.37. The van der Waals surface area contributed by atoms with Crippen molar-refractivity contribution >= 4 is 17.5 Å². The highest BCUT2D eigenvalue weighted by Crippen LogP contribution is 2.34. The molecule has 0 spiro atoms. The van der Waals surface area contributed by atoms with Crippen LogP contribution in [0.15, 0.2) is 6.20 Å². The Bertz CT molecular complexity index is 940. The van der Waals surface area contributed by atoms with Gasteiger partial charge in [0.15, 0.2) is 11.6 Å². The molecule has 0 saturated carbocycles. The van der Waals surface area contributed by atoms with Gasteiger partial charge in [-0.05, 0) is 61.3 Å². The van der Waals surface area contributed by atoms with Gasteiger partial charge in [0.25, 0.3) is 0 Å². The molecule has 28 heavy (non-hydrogen) atoms. The molecule has 7 heteroatoms. The van der Waals surface area contributed by atoms with Crippen molar-refractivity contribution in [1.29, 1.82) is 0 Å². The van der Waals surface area contributed by atoms with Gasteiger partial charge in [-0.15, -0.1) is 11.6 Å². The third-order valence-corrected chi connectivity index (χ3v) is 6.60. The van der Waals surface area contributed by atoms with Gasteiger partial charge in [-0.3, -0.25) is 9.48 Å². The number of rotatable bonds is 4. The van der Waals surface area contributed by atoms with Crippen LogP contribution in [-0.2, 0) is 44.1 Å². The van der Waals surface area contributed by atoms with Gasteiger partial charge < -0.3 is 4.90 Å². The van der Waals surface area contributed by atoms with Gasteiger partial charge in [0.05, 0.1) is 6.20 Å². The average molecular weight is 408 g/mol. The summed E-state index contributed by atoms with van der Waals surface area (Å²) in [6, 6.07) is -0.107. The molecule has 2 aliphatic carbocycles. The molecule has 0 aliphatic heterocycles. The molecule has 0 saturated heterocycles. The Balaban J connectivity index is 1.69. The molecule has 1 amide bonds. The van der Waals surface area contributed by atoms with Crippen LogP contribution in [-0.4, -0.2) is 32.5 Å². The zero-order valence-corrected chi connectivity index (χ0v) is 17.0. The van der Waals surface area contributed by atoms with Crippen LogP contribution >= 0.6 is 11.6 Å². The van der Waals surface area contributed by atoms with E-state index >= 15 is 0 Å². The SMILES string of the molecule is Cc1c(CN(C(=O)CCl)C2CCc3cnn(C)c3C2)c(F)c(F)c2c1CCC2. The van der Waals surface area contributed by atoms with E-state index in [9.17, 15) is 13.6 Å². The molecule has 1 atom stereocenters. The lowest BCUT2D eigenvalue weighted by molar-refractivity contribution is -0.131. The number of halogens is 3. The first-order valence-electron chi connectivity index (χ1n) is 9.75. The quantitative estimate of drug-likeness (QED) is 0.726. The van der Waals surface area contributed by atoms with Gasteiger partial charge in [0.2, 0.25) is 5.91 Å². The molecule has 0 N–H and O–H groups in total. The Morgan fingerprint density at radius 3 is 2.79 bits per heavy atom. The Kier molecular flexibility index (Phi) is 5.17. The predicted octanol–water partition coefficient (Wildman–Crippen LogP) is 3.62. The molecule has 4 rings (SSSR count). The number of carbonyl (C=O) groups is 1. The van der Waals surface area contributed by atoms with E-state index in [1.165, 1.54) is 5.56 Å². The summed E-state index contributed by atoms with van der Waals surface area (Å²) >= 11 is 5.87. The standard InChI is InChI=1S/C21H24ClF2N3O/c1-12-15-4-3-5-16(15)20(23)21(24)17(12)11-27(19(28)9-22)14-7-6-13-10-25-26(2)18(13)8-14/h10,14H,3-9,11H2,1-2H3. The molecule has 0 radical (unpaired) electrons. The van der Waals surface area contributed by atoms with Crippen molar-refractivity contribution in [3.05, 3.63) is 51.3 Å². The molecule has 1 aromatic heterocycles. The van der Waals surface area contributed by atoms with Crippen LogP contribution in [0, 0.1) is 18.6 Å². The molecule has 4 nitrogen and oxygen atoms in total. The Morgan fingerprint density at radius 1 is 1.29 bits per heavy atom. The highest BCUT2D eigenvalue weighted by Gasteiger charge is 2.32. The number of hydrogen-bond donors (Lipinski definition) is 0. The summed E-state index contributed by atoms with van der Waals surface area (Å²) in [5.74, 6) is -1.99. The van der Waals surface area contributed by atoms with E-state index in [0.29, 0.717) is 18.4 Å². The van der Waals surface area contributed by atoms with E-state index in [1.807, 2.05) is 24.9 Å². The summed E-state index contributed by atoms with van der Waals surface area (Å²) in [5, 5.41) is 4.30. The molecule has 1 heterocycles. The summed E-state index contributed by atoms with van der Waals surface area (Å²) in [4.78, 5) is 14.3. The van der Waals surface area contributed by atoms with Crippen LogP contribution in [0.25, 0.3) is 0 Å². The number of benzene rings is 1. The fraction of sp³-hybridized carbons (Fsp3) is 0.524. The Morgan fingerprint density at radius 2 is 2.04 bits per heavy atom. The third kappa shape index (κ3) is 3.11. The number of hydrogen-bond acceptors (Lipinski definition) is 2. The highest BCUT2D eigenvalue weighted by molar-refractivity contribution is 6.27. The van der Waals surface area contributed by atoms with Crippen LogP contribution in [0.1, 0.15) is 46.4 Å². The van der Waals surface area contributed by atoms with Crippen molar-refractivity contribution in [1.82, 2.24) is 14.7 Å². The molecule has 2 aromatic rings. The molecule has 0 fully saturated rings. The lowest BCUT2D eigenvalue weighted by atomic mass is 9.91. The van der Waals surface area contributed by atoms with E-state index in [1.54, 1.807) is 4.90 Å². The lowest BCUT2D eigenvalue weighted by Gasteiger charge is -2.35. The lowest BCUT2D eigenvalue weighted by Crippen LogP contribution is -2.44. The smallest absolute Gasteiger partial charge is 0.238 e. The summed E-state index contributed by atoms with van der Waals surface area (Å²) < 4.78 is 31.3. The zero-order valence-electron chi connectivity index (χ0n) is 16.2. The predicted molar refractivity (Wildman–Crippen MR) is 103 cm³/mol. The number of aromatic nitrogens is 2. The summed E-state index contributed by atoms with van der Waals surface area (Å²) in [7, 11) is 1.88. The molecule has 150 valence electrons. The normalized spacial score (nSPS) is 18.1. The van der Waals surface area contributed by atoms with Gasteiger partial charge in [-0.25, -0.2) is 8.78 Å². The largest absolute Gasteiger partial charge is 0.334 e. The van der Waals surface area contributed by atoms with E-state index in [-0.39, 0.29) is 29.9 Å². The minimum absolute atomic E-state index is 0.0469. The maximum Gasteiger partial charge on any atom is 0.238 e. The minimum Gasteiger partial charge on any atom is -0.334 e. The first-order valence-corrected chi connectivity index (χ1v) is 10.3. The highest BCUT2D eigenvalue weighted by atomic mass is 35.5. The molecule has 1 aromatic carbocycles. The molecular formula is C21H24ClF2N3O. The molecule has 0 bridgehead atoms. The first kappa shape index (κ1) is 19.4. The Labute approximate surface area is 168 Å². The second kappa shape index (κ2) is 7.47. The van der Waals surface area contributed by atoms with Crippen LogP contribution in [0.5, 0.6) is 0 Å². The maximum absolute atomic E-state index is 14.9. The summed E-state index contributed by atoms with van der Waals surface area (Å²) in [5.41, 5.74) is 4.74. The number of carbonyl (C=O) groups excluding carboxylic acids is 1. The monoisotopic (exact) mass is 407 g/mol. The molecule has 1 unspecified atom stereocenters. The van der Waals surface area contributed by atoms with Crippen molar-refractivity contribution in [3.8, 4) is 0 Å². The topological polar surface area (TPSA) is 38.1 Å². The van der Waals surface area contributed by atoms with Crippen LogP contribution in [0.4, 0.5) is 8.78 Å². The van der Waals surface area contributed by atoms with Crippen LogP contribution < -0.4 is 0 Å². The molecular weight excluding hydrogens is 384 g/mol. The van der Waals surface area contributed by atoms with Crippen molar-refractivity contribution in [2.24, 2.45) is 7.05 Å². The second-order valence-corrected chi connectivity index (χ2v) is 8.10. The van der Waals surface area contributed by atoms with E-state index in [2.05, 4.69) is 5.10 Å². The van der Waals surface area contributed by atoms with E-state index in [0.717, 1.165) is 42.5 Å². The Hall–Kier alpha value is -1.95. The van der Waals surface area contributed by atoms with Crippen LogP contribution in [0.2, 0.25) is 0 Å². The summed E-state index contributed by atoms with van der Waals surface area (Å²) in [6.07, 6.45) is 6.25. The van der Waals surface area contributed by atoms with Crippen molar-refractivity contribution in [3.63, 3.8) is 0 Å². The van der Waals surface area contributed by atoms with E-state index in [4.69, 9.17) is 11.6 Å². The second-order valence-electron chi connectivity index (χ2n) is 7.83. The average Bonchev–Trinajstić information content (AvgIpc) is 3.33. The fourth-order valence-corrected chi connectivity index (χ4v) is 4.91. The van der Waals surface area contributed by atoms with Gasteiger partial charge in [-0.2, -0.15) is 5.10 Å². The minimum atomic E-state index is -0.817.